The van der Waals surface area contributed by atoms with Gasteiger partial charge < -0.3 is 20.3 Å². The summed E-state index contributed by atoms with van der Waals surface area (Å²) in [6, 6.07) is 16.2. The summed E-state index contributed by atoms with van der Waals surface area (Å²) in [6.45, 7) is 0.969. The van der Waals surface area contributed by atoms with E-state index in [0.29, 0.717) is 29.3 Å². The molecule has 0 bridgehead atoms. The summed E-state index contributed by atoms with van der Waals surface area (Å²) in [4.78, 5) is 32.7. The van der Waals surface area contributed by atoms with Gasteiger partial charge in [-0.3, -0.25) is 15.2 Å². The summed E-state index contributed by atoms with van der Waals surface area (Å²) in [6.07, 6.45) is 3.53. The molecule has 200 valence electrons. The van der Waals surface area contributed by atoms with Gasteiger partial charge in [0.2, 0.25) is 0 Å². The van der Waals surface area contributed by atoms with Gasteiger partial charge in [0.05, 0.1) is 7.11 Å². The normalized spacial score (nSPS) is 10.9. The van der Waals surface area contributed by atoms with Crippen LogP contribution < -0.4 is 20.9 Å². The Balaban J connectivity index is 0.000000983. The molecule has 0 aliphatic rings. The maximum absolute atomic E-state index is 12.7. The molecule has 0 radical (unpaired) electrons. The lowest BCUT2D eigenvalue weighted by Gasteiger charge is -2.17. The van der Waals surface area contributed by atoms with Crippen molar-refractivity contribution in [1.29, 1.82) is 10.7 Å². The minimum atomic E-state index is -0.833. The molecule has 13 nitrogen and oxygen atoms in total. The molecule has 0 saturated heterocycles. The number of methoxy groups -OCH3 is 1. The van der Waals surface area contributed by atoms with E-state index in [0.717, 1.165) is 22.7 Å². The number of nitriles is 1. The number of rotatable bonds is 9. The average Bonchev–Trinajstić information content (AvgIpc) is 3.32. The van der Waals surface area contributed by atoms with E-state index in [9.17, 15) is 4.79 Å². The van der Waals surface area contributed by atoms with Crippen LogP contribution in [0.4, 0.5) is 0 Å². The average molecular weight is 531 g/mol. The van der Waals surface area contributed by atoms with E-state index >= 15 is 0 Å². The van der Waals surface area contributed by atoms with Crippen molar-refractivity contribution in [3.8, 4) is 23.5 Å². The van der Waals surface area contributed by atoms with Gasteiger partial charge in [0.1, 0.15) is 17.7 Å². The minimum absolute atomic E-state index is 0.0169. The summed E-state index contributed by atoms with van der Waals surface area (Å²) in [5, 5.41) is 28.3. The highest BCUT2D eigenvalue weighted by molar-refractivity contribution is 5.94. The third-order valence-corrected chi connectivity index (χ3v) is 5.29. The molecule has 0 amide bonds. The number of aliphatic carboxylic acids is 1. The molecule has 0 spiro atoms. The Kier molecular flexibility index (Phi) is 9.47. The van der Waals surface area contributed by atoms with Crippen molar-refractivity contribution < 1.29 is 19.4 Å². The predicted octanol–water partition coefficient (Wildman–Crippen LogP) is 2.01. The molecular formula is C26H26N8O5. The maximum Gasteiger partial charge on any atom is 0.350 e. The number of aromatic amines is 1. The smallest absolute Gasteiger partial charge is 0.350 e. The molecule has 13 heteroatoms. The number of benzene rings is 2. The second kappa shape index (κ2) is 13.2. The van der Waals surface area contributed by atoms with Crippen molar-refractivity contribution in [2.45, 2.75) is 19.3 Å². The van der Waals surface area contributed by atoms with Crippen molar-refractivity contribution >= 4 is 11.8 Å². The molecule has 5 N–H and O–H groups in total. The Labute approximate surface area is 223 Å². The van der Waals surface area contributed by atoms with E-state index < -0.39 is 11.7 Å². The first-order chi connectivity index (χ1) is 18.7. The Morgan fingerprint density at radius 2 is 1.87 bits per heavy atom. The summed E-state index contributed by atoms with van der Waals surface area (Å²) >= 11 is 0. The van der Waals surface area contributed by atoms with Crippen LogP contribution in [0.3, 0.4) is 0 Å². The van der Waals surface area contributed by atoms with Crippen molar-refractivity contribution in [2.75, 3.05) is 13.7 Å². The van der Waals surface area contributed by atoms with Crippen molar-refractivity contribution in [3.63, 3.8) is 0 Å². The van der Waals surface area contributed by atoms with Gasteiger partial charge in [0, 0.05) is 30.8 Å². The molecular weight excluding hydrogens is 504 g/mol. The van der Waals surface area contributed by atoms with Gasteiger partial charge in [-0.25, -0.2) is 14.8 Å². The van der Waals surface area contributed by atoms with Gasteiger partial charge in [-0.15, -0.1) is 9.78 Å². The lowest BCUT2D eigenvalue weighted by Crippen LogP contribution is -2.18. The molecule has 0 saturated carbocycles. The fourth-order valence-electron chi connectivity index (χ4n) is 3.59. The number of amidine groups is 1. The number of hydrogen-bond donors (Lipinski definition) is 4. The molecule has 1 atom stereocenters. The van der Waals surface area contributed by atoms with Crippen molar-refractivity contribution in [3.05, 3.63) is 93.9 Å². The highest BCUT2D eigenvalue weighted by atomic mass is 16.5. The van der Waals surface area contributed by atoms with Crippen LogP contribution in [0, 0.1) is 16.7 Å². The van der Waals surface area contributed by atoms with Crippen LogP contribution in [-0.2, 0) is 11.2 Å². The van der Waals surface area contributed by atoms with Gasteiger partial charge in [0.25, 0.3) is 11.9 Å². The number of nitrogens with zero attached hydrogens (tertiary/aromatic N) is 5. The van der Waals surface area contributed by atoms with Gasteiger partial charge in [-0.1, -0.05) is 30.3 Å². The highest BCUT2D eigenvalue weighted by Gasteiger charge is 2.23. The summed E-state index contributed by atoms with van der Waals surface area (Å²) < 4.78 is 12.0. The zero-order valence-corrected chi connectivity index (χ0v) is 21.2. The third kappa shape index (κ3) is 7.49. The molecule has 0 aliphatic heterocycles. The van der Waals surface area contributed by atoms with E-state index in [1.165, 1.54) is 19.5 Å². The van der Waals surface area contributed by atoms with E-state index in [-0.39, 0.29) is 24.3 Å². The summed E-state index contributed by atoms with van der Waals surface area (Å²) in [5.41, 5.74) is 7.47. The number of hydrogen-bond acceptors (Lipinski definition) is 9. The van der Waals surface area contributed by atoms with E-state index in [1.54, 1.807) is 30.3 Å². The zero-order valence-electron chi connectivity index (χ0n) is 21.2. The topological polar surface area (TPSA) is 206 Å². The first-order valence-electron chi connectivity index (χ1n) is 11.5. The fraction of sp³-hybridized carbons (Fsp3) is 0.192. The van der Waals surface area contributed by atoms with E-state index in [1.807, 2.05) is 24.3 Å². The van der Waals surface area contributed by atoms with Crippen LogP contribution >= 0.6 is 0 Å². The van der Waals surface area contributed by atoms with Crippen molar-refractivity contribution in [2.24, 2.45) is 5.73 Å². The molecule has 1 unspecified atom stereocenters. The van der Waals surface area contributed by atoms with E-state index in [2.05, 4.69) is 20.1 Å². The lowest BCUT2D eigenvalue weighted by atomic mass is 9.90. The monoisotopic (exact) mass is 530 g/mol. The van der Waals surface area contributed by atoms with Crippen molar-refractivity contribution in [1.82, 2.24) is 24.7 Å². The number of nitrogen functional groups attached to an aromatic ring is 1. The number of aromatic nitrogens is 5. The molecule has 2 aromatic heterocycles. The third-order valence-electron chi connectivity index (χ3n) is 5.29. The summed E-state index contributed by atoms with van der Waals surface area (Å²) in [7, 11) is 1.51. The molecule has 2 aromatic carbocycles. The SMILES string of the molecule is CC(=O)O.COc1cc(C(Cc2ccc(C(=N)N)cc2)c2nn(-c3ncccn3)c(=O)[nH]2)ccc1OCC#N. The minimum Gasteiger partial charge on any atom is -0.493 e. The number of nitrogens with one attached hydrogen (secondary N) is 2. The standard InChI is InChI=1S/C24H22N8O3.C2H4O2/c1-34-20-14-17(7-8-19(20)35-12-9-25)18(13-15-3-5-16(6-4-15)21(26)27)22-30-24(33)32(31-22)23-28-10-2-11-29-23;1-2(3)4/h2-8,10-11,14,18H,12-13H2,1H3,(H3,26,27)(H,30,31,33);1H3,(H,3,4). The quantitative estimate of drug-likeness (QED) is 0.183. The molecule has 0 fully saturated rings. The number of carboxylic acid groups (broad SMARTS) is 1. The van der Waals surface area contributed by atoms with Crippen LogP contribution in [0.15, 0.2) is 65.7 Å². The lowest BCUT2D eigenvalue weighted by molar-refractivity contribution is -0.134. The molecule has 4 rings (SSSR count). The second-order valence-electron chi connectivity index (χ2n) is 8.02. The second-order valence-corrected chi connectivity index (χ2v) is 8.02. The number of ether oxygens (including phenoxy) is 2. The molecule has 39 heavy (non-hydrogen) atoms. The first kappa shape index (κ1) is 28.1. The molecule has 0 aliphatic carbocycles. The number of carbonyl (C=O) groups is 1. The largest absolute Gasteiger partial charge is 0.493 e. The Morgan fingerprint density at radius 3 is 2.46 bits per heavy atom. The van der Waals surface area contributed by atoms with Crippen LogP contribution in [0.1, 0.15) is 35.4 Å². The van der Waals surface area contributed by atoms with Gasteiger partial charge in [-0.05, 0) is 35.7 Å². The van der Waals surface area contributed by atoms with Crippen LogP contribution in [0.5, 0.6) is 11.5 Å². The maximum atomic E-state index is 12.7. The first-order valence-corrected chi connectivity index (χ1v) is 11.5. The number of nitrogens with two attached hydrogens (primary N) is 1. The predicted molar refractivity (Wildman–Crippen MR) is 140 cm³/mol. The number of carboxylic acids is 1. The van der Waals surface area contributed by atoms with E-state index in [4.69, 9.17) is 35.8 Å². The van der Waals surface area contributed by atoms with Crippen LogP contribution in [0.25, 0.3) is 5.95 Å². The van der Waals surface area contributed by atoms with Gasteiger partial charge in [-0.2, -0.15) is 5.26 Å². The summed E-state index contributed by atoms with van der Waals surface area (Å²) in [5.74, 6) is 0.210. The Bertz CT molecular complexity index is 1520. The van der Waals surface area contributed by atoms with Gasteiger partial charge in [0.15, 0.2) is 18.1 Å². The van der Waals surface area contributed by atoms with Crippen LogP contribution in [0.2, 0.25) is 0 Å². The Hall–Kier alpha value is -5.51. The number of H-pyrrole nitrogens is 1. The highest BCUT2D eigenvalue weighted by Crippen LogP contribution is 2.34. The van der Waals surface area contributed by atoms with Gasteiger partial charge >= 0.3 is 5.69 Å². The fourth-order valence-corrected chi connectivity index (χ4v) is 3.59. The Morgan fingerprint density at radius 1 is 1.21 bits per heavy atom. The molecule has 2 heterocycles. The zero-order chi connectivity index (χ0) is 28.4. The van der Waals surface area contributed by atoms with Crippen LogP contribution in [-0.4, -0.2) is 55.4 Å². The molecule has 4 aromatic rings.